The van der Waals surface area contributed by atoms with Crippen molar-refractivity contribution in [2.24, 2.45) is 5.92 Å². The minimum absolute atomic E-state index is 0.176. The molecule has 2 heteroatoms. The van der Waals surface area contributed by atoms with Gasteiger partial charge in [0.05, 0.1) is 0 Å². The molecule has 0 spiro atoms. The van der Waals surface area contributed by atoms with E-state index in [9.17, 15) is 4.79 Å². The summed E-state index contributed by atoms with van der Waals surface area (Å²) >= 11 is 0. The van der Waals surface area contributed by atoms with E-state index in [1.165, 1.54) is 24.8 Å². The van der Waals surface area contributed by atoms with Gasteiger partial charge in [-0.3, -0.25) is 4.79 Å². The molecule has 1 aromatic heterocycles. The predicted octanol–water partition coefficient (Wildman–Crippen LogP) is 3.33. The van der Waals surface area contributed by atoms with Gasteiger partial charge in [-0.15, -0.1) is 0 Å². The highest BCUT2D eigenvalue weighted by atomic mass is 16.1. The fraction of sp³-hybridized carbons (Fsp3) is 0.643. The first-order chi connectivity index (χ1) is 7.59. The lowest BCUT2D eigenvalue weighted by molar-refractivity contribution is 0.306. The number of pyridine rings is 1. The zero-order chi connectivity index (χ0) is 11.7. The summed E-state index contributed by atoms with van der Waals surface area (Å²) in [6.45, 7) is 6.58. The maximum absolute atomic E-state index is 12.0. The molecular weight excluding hydrogens is 198 g/mol. The molecule has 2 nitrogen and oxygen atoms in total. The van der Waals surface area contributed by atoms with Crippen molar-refractivity contribution in [2.45, 2.75) is 52.0 Å². The molecule has 1 saturated carbocycles. The average Bonchev–Trinajstić information content (AvgIpc) is 2.17. The molecule has 88 valence electrons. The van der Waals surface area contributed by atoms with Crippen LogP contribution in [0.15, 0.2) is 23.1 Å². The Hall–Kier alpha value is -1.05. The fourth-order valence-corrected chi connectivity index (χ4v) is 2.14. The monoisotopic (exact) mass is 219 g/mol. The molecule has 1 atom stereocenters. The quantitative estimate of drug-likeness (QED) is 0.764. The molecule has 0 bridgehead atoms. The topological polar surface area (TPSA) is 22.0 Å². The molecule has 1 aliphatic carbocycles. The fourth-order valence-electron chi connectivity index (χ4n) is 2.14. The molecule has 16 heavy (non-hydrogen) atoms. The van der Waals surface area contributed by atoms with Gasteiger partial charge in [-0.25, -0.2) is 0 Å². The van der Waals surface area contributed by atoms with E-state index in [4.69, 9.17) is 0 Å². The molecule has 2 rings (SSSR count). The third-order valence-electron chi connectivity index (χ3n) is 3.97. The van der Waals surface area contributed by atoms with Crippen LogP contribution in [0.2, 0.25) is 0 Å². The summed E-state index contributed by atoms with van der Waals surface area (Å²) < 4.78 is 1.90. The number of rotatable bonds is 3. The van der Waals surface area contributed by atoms with Crippen LogP contribution < -0.4 is 5.56 Å². The van der Waals surface area contributed by atoms with Gasteiger partial charge < -0.3 is 4.57 Å². The smallest absolute Gasteiger partial charge is 0.251 e. The molecule has 1 aliphatic rings. The van der Waals surface area contributed by atoms with Crippen LogP contribution in [0.5, 0.6) is 0 Å². The van der Waals surface area contributed by atoms with Crippen molar-refractivity contribution in [1.82, 2.24) is 4.57 Å². The summed E-state index contributed by atoms with van der Waals surface area (Å²) in [5.74, 6) is 1.04. The molecule has 0 amide bonds. The molecule has 1 heterocycles. The first-order valence-corrected chi connectivity index (χ1v) is 6.31. The molecule has 0 aromatic carbocycles. The Morgan fingerprint density at radius 1 is 1.31 bits per heavy atom. The zero-order valence-electron chi connectivity index (χ0n) is 10.4. The van der Waals surface area contributed by atoms with Crippen LogP contribution in [-0.4, -0.2) is 4.57 Å². The van der Waals surface area contributed by atoms with E-state index in [1.54, 1.807) is 0 Å². The number of hydrogen-bond acceptors (Lipinski definition) is 1. The van der Waals surface area contributed by atoms with Gasteiger partial charge in [0.2, 0.25) is 0 Å². The Balaban J connectivity index is 2.25. The SMILES string of the molecule is CC(C)C(C)c1ccn(C2CCC2)c(=O)c1. The third kappa shape index (κ3) is 2.06. The first-order valence-electron chi connectivity index (χ1n) is 6.31. The van der Waals surface area contributed by atoms with Crippen molar-refractivity contribution in [3.8, 4) is 0 Å². The van der Waals surface area contributed by atoms with E-state index in [2.05, 4.69) is 26.8 Å². The Morgan fingerprint density at radius 2 is 2.00 bits per heavy atom. The van der Waals surface area contributed by atoms with E-state index >= 15 is 0 Å². The van der Waals surface area contributed by atoms with E-state index in [0.717, 1.165) is 0 Å². The summed E-state index contributed by atoms with van der Waals surface area (Å²) in [6, 6.07) is 4.41. The van der Waals surface area contributed by atoms with Gasteiger partial charge >= 0.3 is 0 Å². The minimum atomic E-state index is 0.176. The van der Waals surface area contributed by atoms with Crippen LogP contribution in [-0.2, 0) is 0 Å². The summed E-state index contributed by atoms with van der Waals surface area (Å²) in [4.78, 5) is 12.0. The van der Waals surface area contributed by atoms with Crippen molar-refractivity contribution >= 4 is 0 Å². The minimum Gasteiger partial charge on any atom is -0.312 e. The Morgan fingerprint density at radius 3 is 2.44 bits per heavy atom. The van der Waals surface area contributed by atoms with Crippen LogP contribution in [0, 0.1) is 5.92 Å². The lowest BCUT2D eigenvalue weighted by Gasteiger charge is -2.28. The number of hydrogen-bond donors (Lipinski definition) is 0. The van der Waals surface area contributed by atoms with Gasteiger partial charge in [-0.05, 0) is 42.7 Å². The summed E-state index contributed by atoms with van der Waals surface area (Å²) in [5, 5.41) is 0. The van der Waals surface area contributed by atoms with Crippen LogP contribution in [0.4, 0.5) is 0 Å². The second kappa shape index (κ2) is 4.44. The lowest BCUT2D eigenvalue weighted by Crippen LogP contribution is -2.28. The van der Waals surface area contributed by atoms with E-state index in [1.807, 2.05) is 16.8 Å². The maximum atomic E-state index is 12.0. The van der Waals surface area contributed by atoms with E-state index in [0.29, 0.717) is 17.9 Å². The Kier molecular flexibility index (Phi) is 3.17. The highest BCUT2D eigenvalue weighted by Crippen LogP contribution is 2.30. The second-order valence-electron chi connectivity index (χ2n) is 5.32. The zero-order valence-corrected chi connectivity index (χ0v) is 10.4. The molecule has 0 saturated heterocycles. The summed E-state index contributed by atoms with van der Waals surface area (Å²) in [5.41, 5.74) is 1.35. The number of aromatic nitrogens is 1. The highest BCUT2D eigenvalue weighted by Gasteiger charge is 2.20. The van der Waals surface area contributed by atoms with E-state index < -0.39 is 0 Å². The average molecular weight is 219 g/mol. The van der Waals surface area contributed by atoms with Gasteiger partial charge in [0, 0.05) is 18.3 Å². The van der Waals surface area contributed by atoms with Gasteiger partial charge in [-0.1, -0.05) is 20.8 Å². The van der Waals surface area contributed by atoms with Crippen molar-refractivity contribution in [3.63, 3.8) is 0 Å². The van der Waals surface area contributed by atoms with Crippen LogP contribution in [0.25, 0.3) is 0 Å². The normalized spacial score (nSPS) is 18.5. The van der Waals surface area contributed by atoms with Crippen molar-refractivity contribution in [3.05, 3.63) is 34.2 Å². The Labute approximate surface area is 97.3 Å². The van der Waals surface area contributed by atoms with Gasteiger partial charge in [0.25, 0.3) is 5.56 Å². The summed E-state index contributed by atoms with van der Waals surface area (Å²) in [7, 11) is 0. The molecule has 0 aliphatic heterocycles. The maximum Gasteiger partial charge on any atom is 0.251 e. The van der Waals surface area contributed by atoms with Gasteiger partial charge in [0.15, 0.2) is 0 Å². The standard InChI is InChI=1S/C14H21NO/c1-10(2)11(3)12-7-8-15(14(16)9-12)13-5-4-6-13/h7-11,13H,4-6H2,1-3H3. The van der Waals surface area contributed by atoms with Crippen molar-refractivity contribution in [1.29, 1.82) is 0 Å². The van der Waals surface area contributed by atoms with Crippen LogP contribution in [0.1, 0.15) is 57.6 Å². The molecule has 1 fully saturated rings. The summed E-state index contributed by atoms with van der Waals surface area (Å²) in [6.07, 6.45) is 5.58. The molecular formula is C14H21NO. The molecule has 0 N–H and O–H groups in total. The van der Waals surface area contributed by atoms with Crippen LogP contribution in [0.3, 0.4) is 0 Å². The molecule has 1 unspecified atom stereocenters. The lowest BCUT2D eigenvalue weighted by atomic mass is 9.90. The second-order valence-corrected chi connectivity index (χ2v) is 5.32. The van der Waals surface area contributed by atoms with Crippen LogP contribution >= 0.6 is 0 Å². The van der Waals surface area contributed by atoms with Crippen molar-refractivity contribution in [2.75, 3.05) is 0 Å². The van der Waals surface area contributed by atoms with Gasteiger partial charge in [0.1, 0.15) is 0 Å². The molecule has 0 radical (unpaired) electrons. The highest BCUT2D eigenvalue weighted by molar-refractivity contribution is 5.17. The van der Waals surface area contributed by atoms with E-state index in [-0.39, 0.29) is 5.56 Å². The molecule has 1 aromatic rings. The predicted molar refractivity (Wildman–Crippen MR) is 66.8 cm³/mol. The first kappa shape index (κ1) is 11.4. The largest absolute Gasteiger partial charge is 0.312 e. The van der Waals surface area contributed by atoms with Gasteiger partial charge in [-0.2, -0.15) is 0 Å². The Bertz CT molecular complexity index is 415. The number of nitrogens with zero attached hydrogens (tertiary/aromatic N) is 1. The third-order valence-corrected chi connectivity index (χ3v) is 3.97. The van der Waals surface area contributed by atoms with Crippen molar-refractivity contribution < 1.29 is 0 Å².